The van der Waals surface area contributed by atoms with E-state index in [1.165, 1.54) is 19.2 Å². The molecule has 31 heavy (non-hydrogen) atoms. The Morgan fingerprint density at radius 2 is 1.65 bits per heavy atom. The lowest BCUT2D eigenvalue weighted by Gasteiger charge is -2.34. The molecule has 156 valence electrons. The van der Waals surface area contributed by atoms with Crippen molar-refractivity contribution in [2.45, 2.75) is 12.1 Å². The van der Waals surface area contributed by atoms with E-state index in [4.69, 9.17) is 10.5 Å². The SMILES string of the molecule is COC(=O)c1ccccc1N1C(=O)[C@@H]2[C@H](C1=O)[C@H]1c3ccccc3C=CN1[C@@H]2C(N)=O. The van der Waals surface area contributed by atoms with Crippen molar-refractivity contribution < 1.29 is 23.9 Å². The van der Waals surface area contributed by atoms with Crippen LogP contribution in [0.1, 0.15) is 27.5 Å². The monoisotopic (exact) mass is 417 g/mol. The van der Waals surface area contributed by atoms with E-state index in [2.05, 4.69) is 0 Å². The first-order valence-corrected chi connectivity index (χ1v) is 9.84. The molecule has 0 unspecified atom stereocenters. The number of benzene rings is 2. The van der Waals surface area contributed by atoms with Crippen molar-refractivity contribution in [3.63, 3.8) is 0 Å². The molecule has 2 fully saturated rings. The Morgan fingerprint density at radius 1 is 0.968 bits per heavy atom. The summed E-state index contributed by atoms with van der Waals surface area (Å²) in [7, 11) is 1.23. The van der Waals surface area contributed by atoms with Crippen LogP contribution in [0.3, 0.4) is 0 Å². The van der Waals surface area contributed by atoms with Crippen molar-refractivity contribution in [3.8, 4) is 0 Å². The van der Waals surface area contributed by atoms with Gasteiger partial charge >= 0.3 is 5.97 Å². The van der Waals surface area contributed by atoms with Gasteiger partial charge in [-0.25, -0.2) is 9.69 Å². The molecule has 3 heterocycles. The molecule has 2 aromatic rings. The van der Waals surface area contributed by atoms with Gasteiger partial charge in [0.05, 0.1) is 36.2 Å². The van der Waals surface area contributed by atoms with Crippen LogP contribution in [0.15, 0.2) is 54.7 Å². The first-order valence-electron chi connectivity index (χ1n) is 9.84. The third-order valence-electron chi connectivity index (χ3n) is 6.30. The van der Waals surface area contributed by atoms with Crippen molar-refractivity contribution in [3.05, 3.63) is 71.4 Å². The Balaban J connectivity index is 1.66. The van der Waals surface area contributed by atoms with Gasteiger partial charge in [-0.15, -0.1) is 0 Å². The van der Waals surface area contributed by atoms with Crippen molar-refractivity contribution >= 4 is 35.5 Å². The van der Waals surface area contributed by atoms with Crippen molar-refractivity contribution in [1.82, 2.24) is 4.90 Å². The van der Waals surface area contributed by atoms with E-state index < -0.39 is 47.6 Å². The van der Waals surface area contributed by atoms with Gasteiger partial charge in [0.2, 0.25) is 17.7 Å². The van der Waals surface area contributed by atoms with Crippen molar-refractivity contribution in [2.75, 3.05) is 12.0 Å². The lowest BCUT2D eigenvalue weighted by atomic mass is 9.84. The Morgan fingerprint density at radius 3 is 2.39 bits per heavy atom. The highest BCUT2D eigenvalue weighted by Crippen LogP contribution is 2.53. The van der Waals surface area contributed by atoms with Crippen LogP contribution in [0.25, 0.3) is 6.08 Å². The molecule has 4 atom stereocenters. The highest BCUT2D eigenvalue weighted by atomic mass is 16.5. The normalized spacial score (nSPS) is 25.8. The van der Waals surface area contributed by atoms with Gasteiger partial charge in [-0.1, -0.05) is 36.4 Å². The number of para-hydroxylation sites is 1. The molecule has 8 nitrogen and oxygen atoms in total. The van der Waals surface area contributed by atoms with Crippen LogP contribution in [0.4, 0.5) is 5.69 Å². The summed E-state index contributed by atoms with van der Waals surface area (Å²) in [6.45, 7) is 0. The number of fused-ring (bicyclic) bond motifs is 5. The average molecular weight is 417 g/mol. The zero-order valence-corrected chi connectivity index (χ0v) is 16.6. The number of rotatable bonds is 3. The minimum Gasteiger partial charge on any atom is -0.465 e. The van der Waals surface area contributed by atoms with Crippen LogP contribution >= 0.6 is 0 Å². The van der Waals surface area contributed by atoms with Crippen LogP contribution in [0, 0.1) is 11.8 Å². The Bertz CT molecular complexity index is 1170. The summed E-state index contributed by atoms with van der Waals surface area (Å²) in [5.74, 6) is -4.10. The highest BCUT2D eigenvalue weighted by molar-refractivity contribution is 6.25. The molecule has 2 saturated heterocycles. The molecule has 3 aliphatic rings. The van der Waals surface area contributed by atoms with E-state index in [9.17, 15) is 19.2 Å². The number of nitrogens with zero attached hydrogens (tertiary/aromatic N) is 2. The number of anilines is 1. The number of esters is 1. The zero-order valence-electron chi connectivity index (χ0n) is 16.6. The predicted molar refractivity (Wildman–Crippen MR) is 110 cm³/mol. The molecular formula is C23H19N3O5. The number of methoxy groups -OCH3 is 1. The Labute approximate surface area is 177 Å². The number of hydrogen-bond acceptors (Lipinski definition) is 6. The van der Waals surface area contributed by atoms with Crippen molar-refractivity contribution in [1.29, 1.82) is 0 Å². The van der Waals surface area contributed by atoms with Gasteiger partial charge < -0.3 is 15.4 Å². The fraction of sp³-hybridized carbons (Fsp3) is 0.217. The second kappa shape index (κ2) is 6.80. The molecule has 2 aromatic carbocycles. The first-order chi connectivity index (χ1) is 15.0. The van der Waals surface area contributed by atoms with Gasteiger partial charge in [0, 0.05) is 6.20 Å². The number of amides is 3. The molecule has 3 aliphatic heterocycles. The summed E-state index contributed by atoms with van der Waals surface area (Å²) >= 11 is 0. The summed E-state index contributed by atoms with van der Waals surface area (Å²) in [4.78, 5) is 54.6. The van der Waals surface area contributed by atoms with Crippen LogP contribution in [0.2, 0.25) is 0 Å². The predicted octanol–water partition coefficient (Wildman–Crippen LogP) is 1.47. The smallest absolute Gasteiger partial charge is 0.339 e. The molecule has 0 radical (unpaired) electrons. The van der Waals surface area contributed by atoms with Crippen LogP contribution < -0.4 is 10.6 Å². The third-order valence-corrected chi connectivity index (χ3v) is 6.30. The molecule has 0 aliphatic carbocycles. The number of ether oxygens (including phenoxy) is 1. The van der Waals surface area contributed by atoms with Gasteiger partial charge in [0.15, 0.2) is 0 Å². The fourth-order valence-electron chi connectivity index (χ4n) is 5.07. The number of imide groups is 1. The molecule has 8 heteroatoms. The Kier molecular flexibility index (Phi) is 4.18. The zero-order chi connectivity index (χ0) is 21.9. The number of primary amides is 1. The summed E-state index contributed by atoms with van der Waals surface area (Å²) in [6.07, 6.45) is 3.58. The first kappa shape index (κ1) is 19.0. The summed E-state index contributed by atoms with van der Waals surface area (Å²) in [5, 5.41) is 0. The maximum Gasteiger partial charge on any atom is 0.339 e. The number of carbonyl (C=O) groups is 4. The van der Waals surface area contributed by atoms with Gasteiger partial charge in [0.25, 0.3) is 0 Å². The highest BCUT2D eigenvalue weighted by Gasteiger charge is 2.64. The van der Waals surface area contributed by atoms with Gasteiger partial charge in [0.1, 0.15) is 6.04 Å². The van der Waals surface area contributed by atoms with Gasteiger partial charge in [-0.3, -0.25) is 14.4 Å². The topological polar surface area (TPSA) is 110 Å². The fourth-order valence-corrected chi connectivity index (χ4v) is 5.07. The minimum absolute atomic E-state index is 0.100. The average Bonchev–Trinajstić information content (AvgIpc) is 3.26. The molecule has 5 rings (SSSR count). The van der Waals surface area contributed by atoms with E-state index in [-0.39, 0.29) is 11.3 Å². The standard InChI is InChI=1S/C23H19N3O5/c1-31-23(30)14-8-4-5-9-15(14)26-21(28)16-17(22(26)29)19(20(24)27)25-11-10-12-6-2-3-7-13(12)18(16)25/h2-11,16-19H,1H3,(H2,24,27)/t16-,17+,18+,19-/m0/s1. The molecule has 0 spiro atoms. The minimum atomic E-state index is -0.966. The maximum absolute atomic E-state index is 13.6. The largest absolute Gasteiger partial charge is 0.465 e. The lowest BCUT2D eigenvalue weighted by molar-refractivity contribution is -0.129. The van der Waals surface area contributed by atoms with E-state index in [1.54, 1.807) is 23.2 Å². The number of hydrogen-bond donors (Lipinski definition) is 1. The van der Waals surface area contributed by atoms with E-state index in [0.29, 0.717) is 0 Å². The van der Waals surface area contributed by atoms with Crippen molar-refractivity contribution in [2.24, 2.45) is 17.6 Å². The number of nitrogens with two attached hydrogens (primary N) is 1. The lowest BCUT2D eigenvalue weighted by Crippen LogP contribution is -2.47. The molecule has 0 saturated carbocycles. The van der Waals surface area contributed by atoms with E-state index >= 15 is 0 Å². The van der Waals surface area contributed by atoms with Crippen LogP contribution in [0.5, 0.6) is 0 Å². The Hall–Kier alpha value is -3.94. The number of carbonyl (C=O) groups excluding carboxylic acids is 4. The van der Waals surface area contributed by atoms with Gasteiger partial charge in [-0.05, 0) is 29.3 Å². The van der Waals surface area contributed by atoms with E-state index in [0.717, 1.165) is 16.0 Å². The molecule has 3 amide bonds. The molecule has 0 bridgehead atoms. The summed E-state index contributed by atoms with van der Waals surface area (Å²) in [5.41, 5.74) is 7.72. The molecular weight excluding hydrogens is 398 g/mol. The second-order valence-electron chi connectivity index (χ2n) is 7.76. The van der Waals surface area contributed by atoms with Gasteiger partial charge in [-0.2, -0.15) is 0 Å². The molecule has 0 aromatic heterocycles. The maximum atomic E-state index is 13.6. The van der Waals surface area contributed by atoms with Crippen LogP contribution in [-0.4, -0.2) is 41.7 Å². The third kappa shape index (κ3) is 2.54. The quantitative estimate of drug-likeness (QED) is 0.598. The molecule has 2 N–H and O–H groups in total. The van der Waals surface area contributed by atoms with Crippen LogP contribution in [-0.2, 0) is 19.1 Å². The van der Waals surface area contributed by atoms with E-state index in [1.807, 2.05) is 30.3 Å². The summed E-state index contributed by atoms with van der Waals surface area (Å²) < 4.78 is 4.81. The second-order valence-corrected chi connectivity index (χ2v) is 7.76. The summed E-state index contributed by atoms with van der Waals surface area (Å²) in [6, 6.07) is 12.3.